The highest BCUT2D eigenvalue weighted by Gasteiger charge is 2.23. The van der Waals surface area contributed by atoms with Gasteiger partial charge in [0.1, 0.15) is 5.82 Å². The van der Waals surface area contributed by atoms with Gasteiger partial charge in [0, 0.05) is 18.0 Å². The van der Waals surface area contributed by atoms with Crippen molar-refractivity contribution in [2.45, 2.75) is 65.8 Å². The van der Waals surface area contributed by atoms with Crippen molar-refractivity contribution in [2.75, 3.05) is 11.9 Å². The van der Waals surface area contributed by atoms with Crippen molar-refractivity contribution in [2.24, 2.45) is 0 Å². The Labute approximate surface area is 128 Å². The standard InChI is InChI=1S/C16H28N4O/c1-7-9-16(5,6)20-15(21)13-12(17-8-2)10-18-14(19-13)11(3)4/h10-11,17H,7-9H2,1-6H3,(H,20,21). The lowest BCUT2D eigenvalue weighted by atomic mass is 9.98. The van der Waals surface area contributed by atoms with Crippen LogP contribution in [0.4, 0.5) is 5.69 Å². The van der Waals surface area contributed by atoms with Crippen molar-refractivity contribution in [3.63, 3.8) is 0 Å². The first-order valence-electron chi connectivity index (χ1n) is 7.74. The molecule has 0 bridgehead atoms. The van der Waals surface area contributed by atoms with E-state index in [0.29, 0.717) is 17.2 Å². The SMILES string of the molecule is CCCC(C)(C)NC(=O)c1nc(C(C)C)ncc1NCC. The van der Waals surface area contributed by atoms with E-state index in [4.69, 9.17) is 0 Å². The molecule has 0 aliphatic rings. The van der Waals surface area contributed by atoms with Crippen LogP contribution in [0.15, 0.2) is 6.20 Å². The van der Waals surface area contributed by atoms with Gasteiger partial charge in [0.15, 0.2) is 5.69 Å². The molecule has 0 saturated heterocycles. The molecule has 1 heterocycles. The lowest BCUT2D eigenvalue weighted by molar-refractivity contribution is 0.0904. The highest BCUT2D eigenvalue weighted by Crippen LogP contribution is 2.18. The molecule has 5 nitrogen and oxygen atoms in total. The van der Waals surface area contributed by atoms with Crippen molar-refractivity contribution in [3.8, 4) is 0 Å². The van der Waals surface area contributed by atoms with Gasteiger partial charge in [-0.25, -0.2) is 9.97 Å². The van der Waals surface area contributed by atoms with E-state index >= 15 is 0 Å². The summed E-state index contributed by atoms with van der Waals surface area (Å²) in [5.74, 6) is 0.736. The molecule has 0 aliphatic carbocycles. The number of amides is 1. The minimum absolute atomic E-state index is 0.145. The highest BCUT2D eigenvalue weighted by atomic mass is 16.2. The minimum Gasteiger partial charge on any atom is -0.382 e. The molecular weight excluding hydrogens is 264 g/mol. The molecule has 0 atom stereocenters. The Morgan fingerprint density at radius 1 is 1.33 bits per heavy atom. The summed E-state index contributed by atoms with van der Waals surface area (Å²) >= 11 is 0. The van der Waals surface area contributed by atoms with E-state index in [1.165, 1.54) is 0 Å². The van der Waals surface area contributed by atoms with E-state index in [2.05, 4.69) is 27.5 Å². The number of hydrogen-bond donors (Lipinski definition) is 2. The van der Waals surface area contributed by atoms with Gasteiger partial charge in [0.2, 0.25) is 0 Å². The zero-order chi connectivity index (χ0) is 16.0. The zero-order valence-corrected chi connectivity index (χ0v) is 14.1. The van der Waals surface area contributed by atoms with Gasteiger partial charge in [-0.1, -0.05) is 27.2 Å². The molecule has 0 aromatic carbocycles. The highest BCUT2D eigenvalue weighted by molar-refractivity contribution is 5.97. The number of anilines is 1. The molecule has 0 saturated carbocycles. The van der Waals surface area contributed by atoms with Crippen LogP contribution in [-0.2, 0) is 0 Å². The summed E-state index contributed by atoms with van der Waals surface area (Å²) in [7, 11) is 0. The summed E-state index contributed by atoms with van der Waals surface area (Å²) < 4.78 is 0. The smallest absolute Gasteiger partial charge is 0.272 e. The first-order chi connectivity index (χ1) is 9.80. The summed E-state index contributed by atoms with van der Waals surface area (Å²) in [6, 6.07) is 0. The molecule has 5 heteroatoms. The molecule has 1 amide bonds. The fourth-order valence-corrected chi connectivity index (χ4v) is 2.22. The Hall–Kier alpha value is -1.65. The van der Waals surface area contributed by atoms with E-state index in [1.807, 2.05) is 34.6 Å². The number of nitrogens with one attached hydrogen (secondary N) is 2. The summed E-state index contributed by atoms with van der Waals surface area (Å²) in [5, 5.41) is 6.22. The number of carbonyl (C=O) groups is 1. The number of aromatic nitrogens is 2. The Kier molecular flexibility index (Phi) is 6.12. The largest absolute Gasteiger partial charge is 0.382 e. The molecule has 0 aliphatic heterocycles. The monoisotopic (exact) mass is 292 g/mol. The number of nitrogens with zero attached hydrogens (tertiary/aromatic N) is 2. The Morgan fingerprint density at radius 3 is 2.52 bits per heavy atom. The fourth-order valence-electron chi connectivity index (χ4n) is 2.22. The maximum atomic E-state index is 12.6. The van der Waals surface area contributed by atoms with E-state index in [0.717, 1.165) is 19.4 Å². The third-order valence-electron chi connectivity index (χ3n) is 3.23. The van der Waals surface area contributed by atoms with Gasteiger partial charge in [-0.2, -0.15) is 0 Å². The molecule has 1 aromatic rings. The van der Waals surface area contributed by atoms with Crippen LogP contribution < -0.4 is 10.6 Å². The van der Waals surface area contributed by atoms with Crippen molar-refractivity contribution >= 4 is 11.6 Å². The van der Waals surface area contributed by atoms with Gasteiger partial charge in [-0.3, -0.25) is 4.79 Å². The third-order valence-corrected chi connectivity index (χ3v) is 3.23. The number of hydrogen-bond acceptors (Lipinski definition) is 4. The second-order valence-corrected chi connectivity index (χ2v) is 6.26. The van der Waals surface area contributed by atoms with E-state index in [9.17, 15) is 4.79 Å². The molecule has 118 valence electrons. The lowest BCUT2D eigenvalue weighted by Crippen LogP contribution is -2.43. The normalized spacial score (nSPS) is 11.6. The molecule has 1 rings (SSSR count). The third kappa shape index (κ3) is 4.99. The predicted molar refractivity (Wildman–Crippen MR) is 86.7 cm³/mol. The van der Waals surface area contributed by atoms with Crippen LogP contribution in [0.1, 0.15) is 76.6 Å². The van der Waals surface area contributed by atoms with Crippen molar-refractivity contribution < 1.29 is 4.79 Å². The molecule has 0 radical (unpaired) electrons. The molecule has 2 N–H and O–H groups in total. The summed E-state index contributed by atoms with van der Waals surface area (Å²) in [4.78, 5) is 21.3. The van der Waals surface area contributed by atoms with Gasteiger partial charge >= 0.3 is 0 Å². The minimum atomic E-state index is -0.238. The number of carbonyl (C=O) groups excluding carboxylic acids is 1. The summed E-state index contributed by atoms with van der Waals surface area (Å²) in [5.41, 5.74) is 0.879. The van der Waals surface area contributed by atoms with Gasteiger partial charge in [-0.15, -0.1) is 0 Å². The van der Waals surface area contributed by atoms with Gasteiger partial charge < -0.3 is 10.6 Å². The lowest BCUT2D eigenvalue weighted by Gasteiger charge is -2.26. The Morgan fingerprint density at radius 2 is 2.00 bits per heavy atom. The van der Waals surface area contributed by atoms with Crippen LogP contribution in [0, 0.1) is 0 Å². The van der Waals surface area contributed by atoms with Crippen LogP contribution in [0.3, 0.4) is 0 Å². The topological polar surface area (TPSA) is 66.9 Å². The second kappa shape index (κ2) is 7.38. The van der Waals surface area contributed by atoms with E-state index in [1.54, 1.807) is 6.20 Å². The Bertz CT molecular complexity index is 483. The van der Waals surface area contributed by atoms with Crippen LogP contribution in [0.5, 0.6) is 0 Å². The average molecular weight is 292 g/mol. The predicted octanol–water partition coefficient (Wildman–Crippen LogP) is 3.34. The molecule has 0 fully saturated rings. The van der Waals surface area contributed by atoms with Crippen LogP contribution in [-0.4, -0.2) is 28.0 Å². The molecular formula is C16H28N4O. The quantitative estimate of drug-likeness (QED) is 0.809. The van der Waals surface area contributed by atoms with E-state index in [-0.39, 0.29) is 17.4 Å². The maximum absolute atomic E-state index is 12.6. The van der Waals surface area contributed by atoms with Gasteiger partial charge in [0.25, 0.3) is 5.91 Å². The van der Waals surface area contributed by atoms with Crippen LogP contribution in [0.25, 0.3) is 0 Å². The van der Waals surface area contributed by atoms with Crippen LogP contribution in [0.2, 0.25) is 0 Å². The van der Waals surface area contributed by atoms with Crippen molar-refractivity contribution in [1.29, 1.82) is 0 Å². The van der Waals surface area contributed by atoms with Crippen molar-refractivity contribution in [1.82, 2.24) is 15.3 Å². The molecule has 0 unspecified atom stereocenters. The van der Waals surface area contributed by atoms with Gasteiger partial charge in [0.05, 0.1) is 11.9 Å². The summed E-state index contributed by atoms with van der Waals surface area (Å²) in [6.07, 6.45) is 3.65. The molecule has 21 heavy (non-hydrogen) atoms. The number of rotatable bonds is 7. The zero-order valence-electron chi connectivity index (χ0n) is 14.1. The average Bonchev–Trinajstić information content (AvgIpc) is 2.38. The fraction of sp³-hybridized carbons (Fsp3) is 0.688. The van der Waals surface area contributed by atoms with Crippen molar-refractivity contribution in [3.05, 3.63) is 17.7 Å². The molecule has 1 aromatic heterocycles. The molecule has 0 spiro atoms. The van der Waals surface area contributed by atoms with E-state index < -0.39 is 0 Å². The second-order valence-electron chi connectivity index (χ2n) is 6.26. The first-order valence-corrected chi connectivity index (χ1v) is 7.74. The van der Waals surface area contributed by atoms with Crippen LogP contribution >= 0.6 is 0 Å². The van der Waals surface area contributed by atoms with Gasteiger partial charge in [-0.05, 0) is 27.2 Å². The maximum Gasteiger partial charge on any atom is 0.272 e. The summed E-state index contributed by atoms with van der Waals surface area (Å²) in [6.45, 7) is 12.9. The first kappa shape index (κ1) is 17.4. The Balaban J connectivity index is 3.07.